The largest absolute Gasteiger partial charge is 0.328 e. The Morgan fingerprint density at radius 3 is 2.85 bits per heavy atom. The number of aryl methyl sites for hydroxylation is 1. The molecular formula is C17H25N3. The lowest BCUT2D eigenvalue weighted by atomic mass is 9.92. The van der Waals surface area contributed by atoms with Crippen LogP contribution in [0.2, 0.25) is 0 Å². The third-order valence-corrected chi connectivity index (χ3v) is 4.88. The van der Waals surface area contributed by atoms with Gasteiger partial charge in [0.25, 0.3) is 0 Å². The van der Waals surface area contributed by atoms with Crippen molar-refractivity contribution in [3.63, 3.8) is 0 Å². The first-order valence-corrected chi connectivity index (χ1v) is 7.88. The third-order valence-electron chi connectivity index (χ3n) is 4.88. The Morgan fingerprint density at radius 1 is 1.35 bits per heavy atom. The van der Waals surface area contributed by atoms with E-state index in [0.717, 1.165) is 43.1 Å². The van der Waals surface area contributed by atoms with Crippen molar-refractivity contribution in [3.8, 4) is 0 Å². The minimum Gasteiger partial charge on any atom is -0.328 e. The van der Waals surface area contributed by atoms with Crippen LogP contribution in [0, 0.1) is 5.92 Å². The molecule has 1 aliphatic carbocycles. The molecule has 108 valence electrons. The molecule has 0 saturated heterocycles. The average molecular weight is 271 g/mol. The van der Waals surface area contributed by atoms with Gasteiger partial charge in [-0.1, -0.05) is 25.5 Å². The van der Waals surface area contributed by atoms with Gasteiger partial charge < -0.3 is 10.3 Å². The highest BCUT2D eigenvalue weighted by atomic mass is 15.1. The second-order valence-corrected chi connectivity index (χ2v) is 6.32. The fourth-order valence-corrected chi connectivity index (χ4v) is 3.71. The Morgan fingerprint density at radius 2 is 2.15 bits per heavy atom. The molecule has 1 saturated carbocycles. The number of aromatic nitrogens is 2. The van der Waals surface area contributed by atoms with Gasteiger partial charge in [0, 0.05) is 18.5 Å². The lowest BCUT2D eigenvalue weighted by Gasteiger charge is -2.24. The molecular weight excluding hydrogens is 246 g/mol. The summed E-state index contributed by atoms with van der Waals surface area (Å²) in [7, 11) is 0. The number of nitrogens with two attached hydrogens (primary N) is 1. The summed E-state index contributed by atoms with van der Waals surface area (Å²) in [6.45, 7) is 5.42. The first-order valence-electron chi connectivity index (χ1n) is 7.88. The Kier molecular flexibility index (Phi) is 3.55. The van der Waals surface area contributed by atoms with Gasteiger partial charge in [0.05, 0.1) is 11.0 Å². The maximum atomic E-state index is 6.65. The van der Waals surface area contributed by atoms with Crippen molar-refractivity contribution in [2.75, 3.05) is 0 Å². The van der Waals surface area contributed by atoms with Gasteiger partial charge in [-0.2, -0.15) is 0 Å². The van der Waals surface area contributed by atoms with Crippen molar-refractivity contribution in [2.45, 2.75) is 58.0 Å². The Bertz CT molecular complexity index is 601. The summed E-state index contributed by atoms with van der Waals surface area (Å²) in [6, 6.07) is 8.39. The van der Waals surface area contributed by atoms with Crippen molar-refractivity contribution < 1.29 is 0 Å². The molecule has 1 aromatic carbocycles. The molecule has 3 rings (SSSR count). The summed E-state index contributed by atoms with van der Waals surface area (Å²) in [6.07, 6.45) is 5.73. The van der Waals surface area contributed by atoms with Crippen LogP contribution < -0.4 is 5.73 Å². The van der Waals surface area contributed by atoms with Crippen LogP contribution in [-0.4, -0.2) is 15.1 Å². The molecule has 0 spiro atoms. The molecule has 0 bridgehead atoms. The van der Waals surface area contributed by atoms with Crippen LogP contribution in [0.25, 0.3) is 11.0 Å². The van der Waals surface area contributed by atoms with E-state index >= 15 is 0 Å². The summed E-state index contributed by atoms with van der Waals surface area (Å²) in [5, 5.41) is 0. The van der Waals surface area contributed by atoms with Crippen molar-refractivity contribution >= 4 is 11.0 Å². The predicted molar refractivity (Wildman–Crippen MR) is 83.7 cm³/mol. The standard InChI is InChI=1S/C17H25N3/c1-3-13-9-10-17(18,11-13)12-16-19-14-7-5-6-8-15(14)20(16)4-2/h5-8,13H,3-4,9-12,18H2,1-2H3. The topological polar surface area (TPSA) is 43.8 Å². The molecule has 0 aliphatic heterocycles. The van der Waals surface area contributed by atoms with Gasteiger partial charge in [-0.15, -0.1) is 0 Å². The highest BCUT2D eigenvalue weighted by molar-refractivity contribution is 5.75. The molecule has 0 radical (unpaired) electrons. The number of nitrogens with zero attached hydrogens (tertiary/aromatic N) is 2. The van der Waals surface area contributed by atoms with Crippen molar-refractivity contribution in [1.82, 2.24) is 9.55 Å². The molecule has 0 amide bonds. The van der Waals surface area contributed by atoms with Crippen molar-refractivity contribution in [2.24, 2.45) is 11.7 Å². The van der Waals surface area contributed by atoms with Gasteiger partial charge in [-0.25, -0.2) is 4.98 Å². The first-order chi connectivity index (χ1) is 9.65. The Labute approximate surface area is 121 Å². The first kappa shape index (κ1) is 13.6. The van der Waals surface area contributed by atoms with E-state index in [1.54, 1.807) is 0 Å². The van der Waals surface area contributed by atoms with E-state index in [9.17, 15) is 0 Å². The van der Waals surface area contributed by atoms with E-state index in [1.165, 1.54) is 18.4 Å². The van der Waals surface area contributed by atoms with Crippen LogP contribution in [0.4, 0.5) is 0 Å². The zero-order valence-corrected chi connectivity index (χ0v) is 12.6. The molecule has 3 heteroatoms. The molecule has 1 heterocycles. The molecule has 2 atom stereocenters. The lowest BCUT2D eigenvalue weighted by molar-refractivity contribution is 0.394. The number of fused-ring (bicyclic) bond motifs is 1. The zero-order valence-electron chi connectivity index (χ0n) is 12.6. The van der Waals surface area contributed by atoms with Gasteiger partial charge in [-0.3, -0.25) is 0 Å². The number of imidazole rings is 1. The fraction of sp³-hybridized carbons (Fsp3) is 0.588. The van der Waals surface area contributed by atoms with E-state index in [2.05, 4.69) is 42.7 Å². The quantitative estimate of drug-likeness (QED) is 0.925. The van der Waals surface area contributed by atoms with Crippen molar-refractivity contribution in [3.05, 3.63) is 30.1 Å². The number of para-hydroxylation sites is 2. The van der Waals surface area contributed by atoms with Gasteiger partial charge in [0.2, 0.25) is 0 Å². The molecule has 3 nitrogen and oxygen atoms in total. The van der Waals surface area contributed by atoms with Gasteiger partial charge in [-0.05, 0) is 44.2 Å². The van der Waals surface area contributed by atoms with Crippen LogP contribution in [0.15, 0.2) is 24.3 Å². The minimum atomic E-state index is -0.0467. The van der Waals surface area contributed by atoms with Gasteiger partial charge in [0.15, 0.2) is 0 Å². The Hall–Kier alpha value is -1.35. The summed E-state index contributed by atoms with van der Waals surface area (Å²) >= 11 is 0. The molecule has 1 aromatic heterocycles. The summed E-state index contributed by atoms with van der Waals surface area (Å²) in [5.74, 6) is 1.97. The second kappa shape index (κ2) is 5.21. The summed E-state index contributed by atoms with van der Waals surface area (Å²) in [4.78, 5) is 4.83. The van der Waals surface area contributed by atoms with Crippen LogP contribution in [-0.2, 0) is 13.0 Å². The maximum Gasteiger partial charge on any atom is 0.111 e. The van der Waals surface area contributed by atoms with E-state index < -0.39 is 0 Å². The summed E-state index contributed by atoms with van der Waals surface area (Å²) in [5.41, 5.74) is 8.93. The number of benzene rings is 1. The van der Waals surface area contributed by atoms with Crippen molar-refractivity contribution in [1.29, 1.82) is 0 Å². The van der Waals surface area contributed by atoms with E-state index in [-0.39, 0.29) is 5.54 Å². The predicted octanol–water partition coefficient (Wildman–Crippen LogP) is 3.51. The molecule has 2 aromatic rings. The molecule has 2 unspecified atom stereocenters. The van der Waals surface area contributed by atoms with E-state index in [0.29, 0.717) is 0 Å². The molecule has 1 aliphatic rings. The highest BCUT2D eigenvalue weighted by Crippen LogP contribution is 2.37. The number of hydrogen-bond donors (Lipinski definition) is 1. The smallest absolute Gasteiger partial charge is 0.111 e. The second-order valence-electron chi connectivity index (χ2n) is 6.32. The zero-order chi connectivity index (χ0) is 14.2. The van der Waals surface area contributed by atoms with E-state index in [4.69, 9.17) is 10.7 Å². The van der Waals surface area contributed by atoms with E-state index in [1.807, 2.05) is 0 Å². The average Bonchev–Trinajstić information content (AvgIpc) is 2.99. The highest BCUT2D eigenvalue weighted by Gasteiger charge is 2.36. The maximum absolute atomic E-state index is 6.65. The van der Waals surface area contributed by atoms with Gasteiger partial charge in [0.1, 0.15) is 5.82 Å². The molecule has 2 N–H and O–H groups in total. The SMILES string of the molecule is CCC1CCC(N)(Cc2nc3ccccc3n2CC)C1. The third kappa shape index (κ3) is 2.35. The van der Waals surface area contributed by atoms with Crippen LogP contribution in [0.1, 0.15) is 45.4 Å². The Balaban J connectivity index is 1.91. The monoisotopic (exact) mass is 271 g/mol. The van der Waals surface area contributed by atoms with Gasteiger partial charge >= 0.3 is 0 Å². The number of rotatable bonds is 4. The fourth-order valence-electron chi connectivity index (χ4n) is 3.71. The van der Waals surface area contributed by atoms with Crippen LogP contribution >= 0.6 is 0 Å². The summed E-state index contributed by atoms with van der Waals surface area (Å²) < 4.78 is 2.32. The number of hydrogen-bond acceptors (Lipinski definition) is 2. The normalized spacial score (nSPS) is 26.4. The molecule has 1 fully saturated rings. The molecule has 20 heavy (non-hydrogen) atoms. The lowest BCUT2D eigenvalue weighted by Crippen LogP contribution is -2.40. The minimum absolute atomic E-state index is 0.0467. The van der Waals surface area contributed by atoms with Crippen LogP contribution in [0.3, 0.4) is 0 Å². The van der Waals surface area contributed by atoms with Crippen LogP contribution in [0.5, 0.6) is 0 Å².